The first-order valence-corrected chi connectivity index (χ1v) is 8.41. The Morgan fingerprint density at radius 3 is 2.62 bits per heavy atom. The first-order chi connectivity index (χ1) is 10.0. The minimum Gasteiger partial charge on any atom is -0.310 e. The number of aryl methyl sites for hydroxylation is 2. The lowest BCUT2D eigenvalue weighted by Crippen LogP contribution is -2.24. The van der Waals surface area contributed by atoms with Crippen LogP contribution in [0.2, 0.25) is 5.02 Å². The first kappa shape index (κ1) is 16.5. The SMILES string of the molecule is CCNC(Cc1cc(CC)nn1C)c1cc(Cl)cc(Br)c1. The van der Waals surface area contributed by atoms with Crippen LogP contribution in [0.15, 0.2) is 28.7 Å². The summed E-state index contributed by atoms with van der Waals surface area (Å²) in [5.41, 5.74) is 3.55. The Bertz CT molecular complexity index is 589. The number of aromatic nitrogens is 2. The molecule has 0 radical (unpaired) electrons. The van der Waals surface area contributed by atoms with Gasteiger partial charge in [-0.25, -0.2) is 0 Å². The van der Waals surface area contributed by atoms with E-state index in [4.69, 9.17) is 11.6 Å². The van der Waals surface area contributed by atoms with E-state index in [0.717, 1.165) is 34.6 Å². The van der Waals surface area contributed by atoms with E-state index in [1.165, 1.54) is 11.3 Å². The summed E-state index contributed by atoms with van der Waals surface area (Å²) in [6.07, 6.45) is 1.85. The predicted molar refractivity (Wildman–Crippen MR) is 91.9 cm³/mol. The quantitative estimate of drug-likeness (QED) is 0.822. The van der Waals surface area contributed by atoms with E-state index in [9.17, 15) is 0 Å². The summed E-state index contributed by atoms with van der Waals surface area (Å²) < 4.78 is 2.98. The number of hydrogen-bond donors (Lipinski definition) is 1. The van der Waals surface area contributed by atoms with Crippen molar-refractivity contribution in [1.29, 1.82) is 0 Å². The maximum atomic E-state index is 6.18. The molecule has 1 heterocycles. The molecule has 0 bridgehead atoms. The molecule has 0 fully saturated rings. The highest BCUT2D eigenvalue weighted by molar-refractivity contribution is 9.10. The molecule has 1 N–H and O–H groups in total. The molecule has 0 saturated heterocycles. The fourth-order valence-electron chi connectivity index (χ4n) is 2.48. The number of nitrogens with zero attached hydrogens (tertiary/aromatic N) is 2. The Morgan fingerprint density at radius 1 is 1.29 bits per heavy atom. The van der Waals surface area contributed by atoms with Gasteiger partial charge in [0, 0.05) is 34.7 Å². The summed E-state index contributed by atoms with van der Waals surface area (Å²) in [6, 6.07) is 8.47. The lowest BCUT2D eigenvalue weighted by molar-refractivity contribution is 0.528. The summed E-state index contributed by atoms with van der Waals surface area (Å²) in [5, 5.41) is 8.81. The smallest absolute Gasteiger partial charge is 0.0624 e. The van der Waals surface area contributed by atoms with Crippen molar-refractivity contribution >= 4 is 27.5 Å². The van der Waals surface area contributed by atoms with Gasteiger partial charge in [0.2, 0.25) is 0 Å². The molecule has 2 aromatic rings. The van der Waals surface area contributed by atoms with Crippen molar-refractivity contribution in [3.8, 4) is 0 Å². The summed E-state index contributed by atoms with van der Waals surface area (Å²) in [4.78, 5) is 0. The zero-order valence-corrected chi connectivity index (χ0v) is 15.0. The Balaban J connectivity index is 2.27. The van der Waals surface area contributed by atoms with Crippen LogP contribution in [0.4, 0.5) is 0 Å². The molecule has 0 spiro atoms. The van der Waals surface area contributed by atoms with Crippen LogP contribution in [-0.2, 0) is 19.9 Å². The van der Waals surface area contributed by atoms with Gasteiger partial charge in [-0.3, -0.25) is 4.68 Å². The average Bonchev–Trinajstić information content (AvgIpc) is 2.78. The average molecular weight is 371 g/mol. The molecule has 1 aromatic carbocycles. The van der Waals surface area contributed by atoms with E-state index in [1.807, 2.05) is 23.9 Å². The van der Waals surface area contributed by atoms with Gasteiger partial charge in [-0.15, -0.1) is 0 Å². The van der Waals surface area contributed by atoms with Crippen molar-refractivity contribution in [2.75, 3.05) is 6.54 Å². The lowest BCUT2D eigenvalue weighted by atomic mass is 10.0. The van der Waals surface area contributed by atoms with E-state index >= 15 is 0 Å². The van der Waals surface area contributed by atoms with Crippen LogP contribution >= 0.6 is 27.5 Å². The van der Waals surface area contributed by atoms with Crippen LogP contribution in [0, 0.1) is 0 Å². The lowest BCUT2D eigenvalue weighted by Gasteiger charge is -2.19. The third kappa shape index (κ3) is 4.31. The number of likely N-dealkylation sites (N-methyl/N-ethyl adjacent to an activating group) is 1. The Hall–Kier alpha value is -0.840. The minimum atomic E-state index is 0.227. The van der Waals surface area contributed by atoms with E-state index in [1.54, 1.807) is 0 Å². The minimum absolute atomic E-state index is 0.227. The number of benzene rings is 1. The summed E-state index contributed by atoms with van der Waals surface area (Å²) in [7, 11) is 2.01. The molecule has 21 heavy (non-hydrogen) atoms. The molecule has 0 aliphatic carbocycles. The van der Waals surface area contributed by atoms with Crippen molar-refractivity contribution in [3.63, 3.8) is 0 Å². The molecule has 1 unspecified atom stereocenters. The number of hydrogen-bond acceptors (Lipinski definition) is 2. The predicted octanol–water partition coefficient (Wildman–Crippen LogP) is 4.29. The highest BCUT2D eigenvalue weighted by Crippen LogP contribution is 2.26. The van der Waals surface area contributed by atoms with Gasteiger partial charge >= 0.3 is 0 Å². The zero-order chi connectivity index (χ0) is 15.4. The Morgan fingerprint density at radius 2 is 2.05 bits per heavy atom. The highest BCUT2D eigenvalue weighted by Gasteiger charge is 2.15. The molecule has 0 aliphatic rings. The van der Waals surface area contributed by atoms with Gasteiger partial charge in [-0.1, -0.05) is 41.4 Å². The Labute approximate surface area is 139 Å². The second kappa shape index (κ2) is 7.43. The van der Waals surface area contributed by atoms with E-state index < -0.39 is 0 Å². The van der Waals surface area contributed by atoms with Crippen molar-refractivity contribution in [2.24, 2.45) is 7.05 Å². The maximum Gasteiger partial charge on any atom is 0.0624 e. The van der Waals surface area contributed by atoms with E-state index in [0.29, 0.717) is 0 Å². The van der Waals surface area contributed by atoms with Gasteiger partial charge in [0.05, 0.1) is 5.69 Å². The molecule has 5 heteroatoms. The molecule has 0 aliphatic heterocycles. The second-order valence-corrected chi connectivity index (χ2v) is 6.47. The van der Waals surface area contributed by atoms with Gasteiger partial charge in [0.1, 0.15) is 0 Å². The topological polar surface area (TPSA) is 29.9 Å². The fourth-order valence-corrected chi connectivity index (χ4v) is 3.36. The van der Waals surface area contributed by atoms with Gasteiger partial charge in [0.15, 0.2) is 0 Å². The van der Waals surface area contributed by atoms with Gasteiger partial charge < -0.3 is 5.32 Å². The zero-order valence-electron chi connectivity index (χ0n) is 12.7. The second-order valence-electron chi connectivity index (χ2n) is 5.12. The van der Waals surface area contributed by atoms with E-state index in [2.05, 4.69) is 52.3 Å². The van der Waals surface area contributed by atoms with Crippen LogP contribution < -0.4 is 5.32 Å². The number of halogens is 2. The molecule has 1 aromatic heterocycles. The molecule has 3 nitrogen and oxygen atoms in total. The van der Waals surface area contributed by atoms with Gasteiger partial charge in [0.25, 0.3) is 0 Å². The van der Waals surface area contributed by atoms with Crippen LogP contribution in [0.25, 0.3) is 0 Å². The van der Waals surface area contributed by atoms with Crippen molar-refractivity contribution in [2.45, 2.75) is 32.7 Å². The Kier molecular flexibility index (Phi) is 5.85. The molecule has 0 saturated carbocycles. The largest absolute Gasteiger partial charge is 0.310 e. The molecule has 0 amide bonds. The number of nitrogens with one attached hydrogen (secondary N) is 1. The third-order valence-corrected chi connectivity index (χ3v) is 4.22. The summed E-state index contributed by atoms with van der Waals surface area (Å²) in [5.74, 6) is 0. The fraction of sp³-hybridized carbons (Fsp3) is 0.438. The number of rotatable bonds is 6. The molecule has 2 rings (SSSR count). The van der Waals surface area contributed by atoms with Crippen molar-refractivity contribution in [1.82, 2.24) is 15.1 Å². The van der Waals surface area contributed by atoms with Crippen LogP contribution in [0.1, 0.15) is 36.8 Å². The maximum absolute atomic E-state index is 6.18. The monoisotopic (exact) mass is 369 g/mol. The molecule has 1 atom stereocenters. The normalized spacial score (nSPS) is 12.6. The first-order valence-electron chi connectivity index (χ1n) is 7.24. The van der Waals surface area contributed by atoms with E-state index in [-0.39, 0.29) is 6.04 Å². The molecule has 114 valence electrons. The van der Waals surface area contributed by atoms with Gasteiger partial charge in [-0.2, -0.15) is 5.10 Å². The third-order valence-electron chi connectivity index (χ3n) is 3.54. The standard InChI is InChI=1S/C16H21BrClN3/c1-4-14-9-15(21(3)20-14)10-16(19-5-2)11-6-12(17)8-13(18)7-11/h6-9,16,19H,4-5,10H2,1-3H3. The molecular formula is C16H21BrClN3. The van der Waals surface area contributed by atoms with Crippen LogP contribution in [0.5, 0.6) is 0 Å². The summed E-state index contributed by atoms with van der Waals surface area (Å²) in [6.45, 7) is 5.16. The van der Waals surface area contributed by atoms with Crippen LogP contribution in [-0.4, -0.2) is 16.3 Å². The van der Waals surface area contributed by atoms with Crippen LogP contribution in [0.3, 0.4) is 0 Å². The molecular weight excluding hydrogens is 350 g/mol. The van der Waals surface area contributed by atoms with Crippen molar-refractivity contribution < 1.29 is 0 Å². The van der Waals surface area contributed by atoms with Crippen molar-refractivity contribution in [3.05, 3.63) is 50.7 Å². The highest BCUT2D eigenvalue weighted by atomic mass is 79.9. The summed E-state index contributed by atoms with van der Waals surface area (Å²) >= 11 is 9.70. The van der Waals surface area contributed by atoms with Gasteiger partial charge in [-0.05, 0) is 42.8 Å².